The van der Waals surface area contributed by atoms with Gasteiger partial charge in [0.05, 0.1) is 6.07 Å². The van der Waals surface area contributed by atoms with Crippen molar-refractivity contribution in [2.24, 2.45) is 0 Å². The Morgan fingerprint density at radius 2 is 1.95 bits per heavy atom. The van der Waals surface area contributed by atoms with Gasteiger partial charge in [0.2, 0.25) is 0 Å². The van der Waals surface area contributed by atoms with Crippen LogP contribution in [0.15, 0.2) is 24.3 Å². The van der Waals surface area contributed by atoms with Gasteiger partial charge in [0.25, 0.3) is 0 Å². The van der Waals surface area contributed by atoms with Crippen LogP contribution in [-0.2, 0) is 13.1 Å². The zero-order valence-electron chi connectivity index (χ0n) is 12.4. The summed E-state index contributed by atoms with van der Waals surface area (Å²) in [5.41, 5.74) is 2.48. The molecule has 1 aromatic rings. The largest absolute Gasteiger partial charge is 0.297 e. The third kappa shape index (κ3) is 2.87. The van der Waals surface area contributed by atoms with Gasteiger partial charge in [0.15, 0.2) is 0 Å². The van der Waals surface area contributed by atoms with Gasteiger partial charge in [0, 0.05) is 25.2 Å². The summed E-state index contributed by atoms with van der Waals surface area (Å²) in [6, 6.07) is 12.1. The minimum absolute atomic E-state index is 0.393. The third-order valence-electron chi connectivity index (χ3n) is 4.54. The second-order valence-corrected chi connectivity index (χ2v) is 6.59. The van der Waals surface area contributed by atoms with Crippen LogP contribution < -0.4 is 5.32 Å². The zero-order chi connectivity index (χ0) is 14.2. The molecule has 0 saturated heterocycles. The molecule has 3 heteroatoms. The normalized spacial score (nSPS) is 22.9. The Bertz CT molecular complexity index is 504. The number of nitrogens with one attached hydrogen (secondary N) is 1. The molecule has 2 atom stereocenters. The van der Waals surface area contributed by atoms with Gasteiger partial charge >= 0.3 is 0 Å². The maximum Gasteiger partial charge on any atom is 0.105 e. The van der Waals surface area contributed by atoms with E-state index in [9.17, 15) is 5.26 Å². The molecule has 1 saturated carbocycles. The molecule has 0 radical (unpaired) electrons. The number of fused-ring (bicyclic) bond motifs is 1. The molecule has 0 amide bonds. The molecule has 2 aliphatic rings. The molecule has 3 nitrogen and oxygen atoms in total. The van der Waals surface area contributed by atoms with Crippen LogP contribution in [0.4, 0.5) is 0 Å². The van der Waals surface area contributed by atoms with Crippen LogP contribution in [0.3, 0.4) is 0 Å². The molecule has 1 N–H and O–H groups in total. The van der Waals surface area contributed by atoms with Crippen molar-refractivity contribution in [2.75, 3.05) is 0 Å². The van der Waals surface area contributed by atoms with Crippen LogP contribution in [0.5, 0.6) is 0 Å². The molecular weight excluding hydrogens is 246 g/mol. The summed E-state index contributed by atoms with van der Waals surface area (Å²) in [4.78, 5) is 2.48. The molecule has 1 heterocycles. The van der Waals surface area contributed by atoms with E-state index in [-0.39, 0.29) is 0 Å². The lowest BCUT2D eigenvalue weighted by Crippen LogP contribution is -2.47. The quantitative estimate of drug-likeness (QED) is 0.893. The standard InChI is InChI=1S/C17H23N3/c1-13(9-17(2,12-18)19-16-7-8-16)20-10-14-5-3-4-6-15(14)11-20/h3-6,13,16,19H,7-11H2,1-2H3. The lowest BCUT2D eigenvalue weighted by molar-refractivity contribution is 0.177. The Kier molecular flexibility index (Phi) is 3.54. The second kappa shape index (κ2) is 5.20. The maximum absolute atomic E-state index is 9.50. The van der Waals surface area contributed by atoms with Crippen molar-refractivity contribution in [3.63, 3.8) is 0 Å². The summed E-state index contributed by atoms with van der Waals surface area (Å²) in [6.45, 7) is 6.33. The molecule has 3 rings (SSSR count). The topological polar surface area (TPSA) is 39.1 Å². The van der Waals surface area contributed by atoms with Gasteiger partial charge in [-0.1, -0.05) is 24.3 Å². The lowest BCUT2D eigenvalue weighted by atomic mass is 9.94. The van der Waals surface area contributed by atoms with Crippen molar-refractivity contribution in [3.8, 4) is 6.07 Å². The molecule has 1 aliphatic heterocycles. The number of benzene rings is 1. The van der Waals surface area contributed by atoms with Crippen LogP contribution >= 0.6 is 0 Å². The highest BCUT2D eigenvalue weighted by molar-refractivity contribution is 5.30. The van der Waals surface area contributed by atoms with Crippen LogP contribution in [-0.4, -0.2) is 22.5 Å². The summed E-state index contributed by atoms with van der Waals surface area (Å²) in [5, 5.41) is 13.0. The first kappa shape index (κ1) is 13.6. The molecule has 0 bridgehead atoms. The van der Waals surface area contributed by atoms with Gasteiger partial charge in [-0.3, -0.25) is 10.2 Å². The van der Waals surface area contributed by atoms with E-state index in [2.05, 4.69) is 47.5 Å². The van der Waals surface area contributed by atoms with E-state index in [4.69, 9.17) is 0 Å². The molecule has 1 fully saturated rings. The Morgan fingerprint density at radius 3 is 2.45 bits per heavy atom. The lowest BCUT2D eigenvalue weighted by Gasteiger charge is -2.31. The van der Waals surface area contributed by atoms with Gasteiger partial charge in [-0.15, -0.1) is 0 Å². The number of hydrogen-bond donors (Lipinski definition) is 1. The number of nitriles is 1. The van der Waals surface area contributed by atoms with E-state index in [1.54, 1.807) is 0 Å². The van der Waals surface area contributed by atoms with Crippen molar-refractivity contribution < 1.29 is 0 Å². The molecule has 0 aromatic heterocycles. The number of hydrogen-bond acceptors (Lipinski definition) is 3. The summed E-state index contributed by atoms with van der Waals surface area (Å²) in [7, 11) is 0. The summed E-state index contributed by atoms with van der Waals surface area (Å²) in [5.74, 6) is 0. The zero-order valence-corrected chi connectivity index (χ0v) is 12.4. The fraction of sp³-hybridized carbons (Fsp3) is 0.588. The smallest absolute Gasteiger partial charge is 0.105 e. The summed E-state index contributed by atoms with van der Waals surface area (Å²) >= 11 is 0. The van der Waals surface area contributed by atoms with Crippen LogP contribution in [0.1, 0.15) is 44.2 Å². The highest BCUT2D eigenvalue weighted by Crippen LogP contribution is 2.29. The van der Waals surface area contributed by atoms with Gasteiger partial charge in [0.1, 0.15) is 5.54 Å². The molecule has 0 spiro atoms. The first-order chi connectivity index (χ1) is 9.59. The molecule has 20 heavy (non-hydrogen) atoms. The Labute approximate surface area is 121 Å². The van der Waals surface area contributed by atoms with E-state index < -0.39 is 5.54 Å². The van der Waals surface area contributed by atoms with Crippen molar-refractivity contribution in [2.45, 2.75) is 63.8 Å². The van der Waals surface area contributed by atoms with Gasteiger partial charge in [-0.2, -0.15) is 5.26 Å². The van der Waals surface area contributed by atoms with Gasteiger partial charge in [-0.25, -0.2) is 0 Å². The fourth-order valence-corrected chi connectivity index (χ4v) is 3.21. The first-order valence-corrected chi connectivity index (χ1v) is 7.59. The maximum atomic E-state index is 9.50. The van der Waals surface area contributed by atoms with Crippen LogP contribution in [0.2, 0.25) is 0 Å². The fourth-order valence-electron chi connectivity index (χ4n) is 3.21. The minimum Gasteiger partial charge on any atom is -0.297 e. The van der Waals surface area contributed by atoms with E-state index >= 15 is 0 Å². The SMILES string of the molecule is CC(CC(C)(C#N)NC1CC1)N1Cc2ccccc2C1. The summed E-state index contributed by atoms with van der Waals surface area (Å²) < 4.78 is 0. The van der Waals surface area contributed by atoms with Crippen molar-refractivity contribution in [1.82, 2.24) is 10.2 Å². The highest BCUT2D eigenvalue weighted by atomic mass is 15.2. The predicted octanol–water partition coefficient (Wildman–Crippen LogP) is 2.82. The molecule has 1 aliphatic carbocycles. The van der Waals surface area contributed by atoms with E-state index in [0.717, 1.165) is 19.5 Å². The van der Waals surface area contributed by atoms with E-state index in [1.165, 1.54) is 24.0 Å². The Balaban J connectivity index is 1.62. The molecule has 106 valence electrons. The Hall–Kier alpha value is -1.37. The second-order valence-electron chi connectivity index (χ2n) is 6.59. The van der Waals surface area contributed by atoms with Crippen molar-refractivity contribution >= 4 is 0 Å². The van der Waals surface area contributed by atoms with Crippen LogP contribution in [0.25, 0.3) is 0 Å². The third-order valence-corrected chi connectivity index (χ3v) is 4.54. The van der Waals surface area contributed by atoms with Crippen molar-refractivity contribution in [1.29, 1.82) is 5.26 Å². The monoisotopic (exact) mass is 269 g/mol. The minimum atomic E-state index is -0.393. The molecular formula is C17H23N3. The Morgan fingerprint density at radius 1 is 1.35 bits per heavy atom. The number of nitrogens with zero attached hydrogens (tertiary/aromatic N) is 2. The summed E-state index contributed by atoms with van der Waals surface area (Å²) in [6.07, 6.45) is 3.33. The highest BCUT2D eigenvalue weighted by Gasteiger charge is 2.35. The molecule has 2 unspecified atom stereocenters. The predicted molar refractivity (Wildman–Crippen MR) is 79.9 cm³/mol. The average Bonchev–Trinajstić information content (AvgIpc) is 3.13. The van der Waals surface area contributed by atoms with E-state index in [0.29, 0.717) is 12.1 Å². The first-order valence-electron chi connectivity index (χ1n) is 7.59. The van der Waals surface area contributed by atoms with E-state index in [1.807, 2.05) is 6.92 Å². The van der Waals surface area contributed by atoms with Gasteiger partial charge < -0.3 is 0 Å². The molecule has 1 aromatic carbocycles. The average molecular weight is 269 g/mol. The van der Waals surface area contributed by atoms with Crippen LogP contribution in [0, 0.1) is 11.3 Å². The van der Waals surface area contributed by atoms with Crippen molar-refractivity contribution in [3.05, 3.63) is 35.4 Å². The van der Waals surface area contributed by atoms with Gasteiger partial charge in [-0.05, 0) is 44.2 Å². The number of rotatable bonds is 5.